The number of carbonyl (C=O) groups excluding carboxylic acids is 1. The highest BCUT2D eigenvalue weighted by Gasteiger charge is 2.26. The van der Waals surface area contributed by atoms with Crippen LogP contribution in [-0.2, 0) is 11.2 Å². The first-order chi connectivity index (χ1) is 8.84. The van der Waals surface area contributed by atoms with Crippen LogP contribution in [0.1, 0.15) is 12.0 Å². The zero-order valence-corrected chi connectivity index (χ0v) is 11.3. The minimum atomic E-state index is -3.17. The second kappa shape index (κ2) is 8.06. The van der Waals surface area contributed by atoms with Gasteiger partial charge in [-0.25, -0.2) is 17.6 Å². The van der Waals surface area contributed by atoms with Crippen LogP contribution in [0.25, 0.3) is 0 Å². The van der Waals surface area contributed by atoms with Crippen LogP contribution >= 0.6 is 12.4 Å². The lowest BCUT2D eigenvalue weighted by Crippen LogP contribution is -2.41. The molecule has 0 aliphatic heterocycles. The molecule has 3 N–H and O–H groups in total. The van der Waals surface area contributed by atoms with Gasteiger partial charge < -0.3 is 11.1 Å². The Hall–Kier alpha value is -1.34. The second-order valence-corrected chi connectivity index (χ2v) is 4.07. The first kappa shape index (κ1) is 18.7. The number of rotatable bonds is 6. The summed E-state index contributed by atoms with van der Waals surface area (Å²) < 4.78 is 51.5. The predicted molar refractivity (Wildman–Crippen MR) is 68.9 cm³/mol. The Balaban J connectivity index is 0.00000361. The molecule has 0 atom stereocenters. The molecular formula is C12H15ClF4N2O. The van der Waals surface area contributed by atoms with Crippen molar-refractivity contribution in [2.75, 3.05) is 13.1 Å². The quantitative estimate of drug-likeness (QED) is 0.789. The van der Waals surface area contributed by atoms with Gasteiger partial charge in [-0.1, -0.05) is 0 Å². The monoisotopic (exact) mass is 314 g/mol. The average molecular weight is 315 g/mol. The zero-order valence-electron chi connectivity index (χ0n) is 10.5. The van der Waals surface area contributed by atoms with Crippen molar-refractivity contribution in [2.24, 2.45) is 5.73 Å². The van der Waals surface area contributed by atoms with Gasteiger partial charge in [0.25, 0.3) is 5.92 Å². The maximum Gasteiger partial charge on any atom is 0.277 e. The summed E-state index contributed by atoms with van der Waals surface area (Å²) >= 11 is 0. The number of halogens is 5. The fraction of sp³-hybridized carbons (Fsp3) is 0.417. The Morgan fingerprint density at radius 3 is 2.55 bits per heavy atom. The van der Waals surface area contributed by atoms with Crippen LogP contribution in [0.5, 0.6) is 0 Å². The first-order valence-corrected chi connectivity index (χ1v) is 5.62. The number of benzene rings is 1. The molecule has 3 nitrogen and oxygen atoms in total. The highest BCUT2D eigenvalue weighted by atomic mass is 35.5. The van der Waals surface area contributed by atoms with E-state index < -0.39 is 36.6 Å². The Labute approximate surface area is 119 Å². The first-order valence-electron chi connectivity index (χ1n) is 5.62. The molecule has 114 valence electrons. The molecule has 1 amide bonds. The van der Waals surface area contributed by atoms with Gasteiger partial charge in [-0.3, -0.25) is 4.79 Å². The van der Waals surface area contributed by atoms with Gasteiger partial charge in [0.15, 0.2) is 0 Å². The predicted octanol–water partition coefficient (Wildman–Crippen LogP) is 2.03. The van der Waals surface area contributed by atoms with Gasteiger partial charge in [-0.05, 0) is 30.2 Å². The Morgan fingerprint density at radius 2 is 1.95 bits per heavy atom. The number of nitrogens with two attached hydrogens (primary N) is 1. The summed E-state index contributed by atoms with van der Waals surface area (Å²) in [4.78, 5) is 11.3. The van der Waals surface area contributed by atoms with E-state index in [1.807, 2.05) is 5.32 Å². The largest absolute Gasteiger partial charge is 0.350 e. The number of nitrogens with one attached hydrogen (secondary N) is 1. The molecule has 0 spiro atoms. The third-order valence-corrected chi connectivity index (χ3v) is 2.47. The molecule has 0 unspecified atom stereocenters. The molecule has 1 aromatic rings. The summed E-state index contributed by atoms with van der Waals surface area (Å²) in [6, 6.07) is 2.88. The Bertz CT molecular complexity index is 457. The number of amides is 1. The van der Waals surface area contributed by atoms with E-state index >= 15 is 0 Å². The average Bonchev–Trinajstić information content (AvgIpc) is 2.37. The molecule has 0 radical (unpaired) electrons. The van der Waals surface area contributed by atoms with Gasteiger partial charge in [-0.15, -0.1) is 12.4 Å². The maximum absolute atomic E-state index is 13.2. The van der Waals surface area contributed by atoms with Crippen LogP contribution in [0.2, 0.25) is 0 Å². The van der Waals surface area contributed by atoms with Crippen molar-refractivity contribution in [1.29, 1.82) is 0 Å². The van der Waals surface area contributed by atoms with Crippen molar-refractivity contribution in [3.8, 4) is 0 Å². The van der Waals surface area contributed by atoms with Crippen LogP contribution in [0.15, 0.2) is 18.2 Å². The van der Waals surface area contributed by atoms with Crippen LogP contribution in [-0.4, -0.2) is 24.9 Å². The van der Waals surface area contributed by atoms with Crippen molar-refractivity contribution < 1.29 is 22.4 Å². The van der Waals surface area contributed by atoms with Crippen molar-refractivity contribution in [3.63, 3.8) is 0 Å². The SMILES string of the molecule is Cl.NCC(F)(F)CNC(=O)CCc1cc(F)ccc1F. The molecule has 1 rings (SSSR count). The Kier molecular flexibility index (Phi) is 7.52. The summed E-state index contributed by atoms with van der Waals surface area (Å²) in [5, 5.41) is 1.99. The van der Waals surface area contributed by atoms with E-state index in [1.165, 1.54) is 0 Å². The maximum atomic E-state index is 13.2. The van der Waals surface area contributed by atoms with Gasteiger partial charge in [0.1, 0.15) is 11.6 Å². The van der Waals surface area contributed by atoms with Gasteiger partial charge in [0, 0.05) is 6.42 Å². The fourth-order valence-corrected chi connectivity index (χ4v) is 1.37. The van der Waals surface area contributed by atoms with Crippen LogP contribution in [0.4, 0.5) is 17.6 Å². The standard InChI is InChI=1S/C12H14F4N2O.ClH/c13-9-2-3-10(14)8(5-9)1-4-11(19)18-7-12(15,16)6-17;/h2-3,5H,1,4,6-7,17H2,(H,18,19);1H. The highest BCUT2D eigenvalue weighted by Crippen LogP contribution is 2.12. The molecular weight excluding hydrogens is 300 g/mol. The fourth-order valence-electron chi connectivity index (χ4n) is 1.37. The molecule has 0 aromatic heterocycles. The molecule has 0 aliphatic carbocycles. The number of hydrogen-bond acceptors (Lipinski definition) is 2. The van der Waals surface area contributed by atoms with E-state index in [2.05, 4.69) is 0 Å². The van der Waals surface area contributed by atoms with Crippen molar-refractivity contribution >= 4 is 18.3 Å². The lowest BCUT2D eigenvalue weighted by atomic mass is 10.1. The molecule has 8 heteroatoms. The number of aryl methyl sites for hydroxylation is 1. The molecule has 20 heavy (non-hydrogen) atoms. The van der Waals surface area contributed by atoms with Gasteiger partial charge in [0.05, 0.1) is 13.1 Å². The van der Waals surface area contributed by atoms with E-state index in [1.54, 1.807) is 0 Å². The number of carbonyl (C=O) groups is 1. The highest BCUT2D eigenvalue weighted by molar-refractivity contribution is 5.85. The van der Waals surface area contributed by atoms with Crippen molar-refractivity contribution in [2.45, 2.75) is 18.8 Å². The second-order valence-electron chi connectivity index (χ2n) is 4.07. The van der Waals surface area contributed by atoms with Crippen molar-refractivity contribution in [3.05, 3.63) is 35.4 Å². The number of hydrogen-bond donors (Lipinski definition) is 2. The zero-order chi connectivity index (χ0) is 14.5. The molecule has 0 aliphatic rings. The van der Waals surface area contributed by atoms with Crippen molar-refractivity contribution in [1.82, 2.24) is 5.32 Å². The van der Waals surface area contributed by atoms with Gasteiger partial charge in [0.2, 0.25) is 5.91 Å². The normalized spacial score (nSPS) is 10.8. The van der Waals surface area contributed by atoms with Crippen LogP contribution in [0.3, 0.4) is 0 Å². The molecule has 0 fully saturated rings. The topological polar surface area (TPSA) is 55.1 Å². The smallest absolute Gasteiger partial charge is 0.277 e. The molecule has 0 saturated heterocycles. The van der Waals surface area contributed by atoms with E-state index in [4.69, 9.17) is 5.73 Å². The summed E-state index contributed by atoms with van der Waals surface area (Å²) in [5.41, 5.74) is 4.83. The van der Waals surface area contributed by atoms with Gasteiger partial charge >= 0.3 is 0 Å². The third-order valence-electron chi connectivity index (χ3n) is 2.47. The minimum absolute atomic E-state index is 0. The van der Waals surface area contributed by atoms with E-state index in [0.717, 1.165) is 18.2 Å². The summed E-state index contributed by atoms with van der Waals surface area (Å²) in [6.45, 7) is -1.74. The van der Waals surface area contributed by atoms with Gasteiger partial charge in [-0.2, -0.15) is 0 Å². The van der Waals surface area contributed by atoms with Crippen LogP contribution in [0, 0.1) is 11.6 Å². The minimum Gasteiger partial charge on any atom is -0.350 e. The molecule has 0 saturated carbocycles. The van der Waals surface area contributed by atoms with E-state index in [9.17, 15) is 22.4 Å². The third kappa shape index (κ3) is 6.21. The molecule has 0 heterocycles. The molecule has 0 bridgehead atoms. The lowest BCUT2D eigenvalue weighted by molar-refractivity contribution is -0.122. The Morgan fingerprint density at radius 1 is 1.30 bits per heavy atom. The summed E-state index contributed by atoms with van der Waals surface area (Å²) in [5.74, 6) is -5.09. The molecule has 1 aromatic carbocycles. The van der Waals surface area contributed by atoms with E-state index in [0.29, 0.717) is 0 Å². The summed E-state index contributed by atoms with van der Waals surface area (Å²) in [6.07, 6.45) is -0.273. The van der Waals surface area contributed by atoms with E-state index in [-0.39, 0.29) is 30.8 Å². The summed E-state index contributed by atoms with van der Waals surface area (Å²) in [7, 11) is 0. The number of alkyl halides is 2. The lowest BCUT2D eigenvalue weighted by Gasteiger charge is -2.14. The van der Waals surface area contributed by atoms with Crippen LogP contribution < -0.4 is 11.1 Å².